The Balaban J connectivity index is 0.00000220. The van der Waals surface area contributed by atoms with Crippen molar-refractivity contribution in [3.8, 4) is 0 Å². The van der Waals surface area contributed by atoms with E-state index in [4.69, 9.17) is 0 Å². The molecule has 1 aromatic rings. The predicted molar refractivity (Wildman–Crippen MR) is 98.2 cm³/mol. The van der Waals surface area contributed by atoms with Crippen LogP contribution in [0.25, 0.3) is 0 Å². The number of aliphatic imine (C=N–C) groups is 1. The summed E-state index contributed by atoms with van der Waals surface area (Å²) < 4.78 is 2.23. The first kappa shape index (κ1) is 18.3. The number of likely N-dealkylation sites (tertiary alicyclic amines) is 1. The third-order valence-corrected chi connectivity index (χ3v) is 4.01. The monoisotopic (exact) mass is 405 g/mol. The molecule has 2 rings (SSSR count). The minimum atomic E-state index is 0. The van der Waals surface area contributed by atoms with Gasteiger partial charge >= 0.3 is 0 Å². The van der Waals surface area contributed by atoms with Gasteiger partial charge in [0, 0.05) is 39.1 Å². The maximum absolute atomic E-state index is 4.43. The van der Waals surface area contributed by atoms with Gasteiger partial charge in [0.15, 0.2) is 5.96 Å². The van der Waals surface area contributed by atoms with Gasteiger partial charge in [-0.15, -0.1) is 24.0 Å². The van der Waals surface area contributed by atoms with E-state index in [0.29, 0.717) is 17.9 Å². The highest BCUT2D eigenvalue weighted by Crippen LogP contribution is 2.27. The minimum absolute atomic E-state index is 0. The summed E-state index contributed by atoms with van der Waals surface area (Å²) in [5.41, 5.74) is 0. The average molecular weight is 405 g/mol. The fraction of sp³-hybridized carbons (Fsp3) is 0.733. The van der Waals surface area contributed by atoms with Crippen LogP contribution in [0.4, 0.5) is 0 Å². The van der Waals surface area contributed by atoms with Gasteiger partial charge in [0.25, 0.3) is 0 Å². The third kappa shape index (κ3) is 4.86. The molecule has 1 aliphatic heterocycles. The van der Waals surface area contributed by atoms with Crippen LogP contribution in [0.1, 0.15) is 33.2 Å². The van der Waals surface area contributed by atoms with Crippen LogP contribution in [0.2, 0.25) is 0 Å². The minimum Gasteiger partial charge on any atom is -0.356 e. The van der Waals surface area contributed by atoms with Crippen LogP contribution in [-0.4, -0.2) is 47.1 Å². The standard InChI is InChI=1S/C15H27N5.HI/c1-12(2)9-18-15(16-4)19-7-5-13(3)14(10-19)20-8-6-17-11-20;/h6,8,11-14H,5,7,9-10H2,1-4H3,(H,16,18);1H. The van der Waals surface area contributed by atoms with E-state index in [-0.39, 0.29) is 24.0 Å². The average Bonchev–Trinajstić information content (AvgIpc) is 2.94. The zero-order valence-corrected chi connectivity index (χ0v) is 15.8. The van der Waals surface area contributed by atoms with Gasteiger partial charge in [-0.1, -0.05) is 20.8 Å². The molecule has 0 radical (unpaired) electrons. The lowest BCUT2D eigenvalue weighted by Gasteiger charge is -2.39. The second kappa shape index (κ2) is 8.60. The van der Waals surface area contributed by atoms with Crippen LogP contribution in [0.5, 0.6) is 0 Å². The van der Waals surface area contributed by atoms with Crippen LogP contribution >= 0.6 is 24.0 Å². The quantitative estimate of drug-likeness (QED) is 0.478. The second-order valence-electron chi connectivity index (χ2n) is 6.11. The van der Waals surface area contributed by atoms with Crippen LogP contribution in [0.15, 0.2) is 23.7 Å². The molecule has 2 unspecified atom stereocenters. The highest BCUT2D eigenvalue weighted by Gasteiger charge is 2.28. The van der Waals surface area contributed by atoms with Gasteiger partial charge in [-0.05, 0) is 18.3 Å². The fourth-order valence-electron chi connectivity index (χ4n) is 2.72. The van der Waals surface area contributed by atoms with Gasteiger partial charge in [0.05, 0.1) is 12.4 Å². The van der Waals surface area contributed by atoms with Crippen LogP contribution in [0.3, 0.4) is 0 Å². The Morgan fingerprint density at radius 1 is 1.48 bits per heavy atom. The Bertz CT molecular complexity index is 429. The first-order valence-electron chi connectivity index (χ1n) is 7.54. The van der Waals surface area contributed by atoms with Gasteiger partial charge in [0.2, 0.25) is 0 Å². The molecule has 0 spiro atoms. The van der Waals surface area contributed by atoms with Gasteiger partial charge in [0.1, 0.15) is 0 Å². The maximum Gasteiger partial charge on any atom is 0.193 e. The first-order chi connectivity index (χ1) is 9.61. The van der Waals surface area contributed by atoms with Crippen LogP contribution < -0.4 is 5.32 Å². The smallest absolute Gasteiger partial charge is 0.193 e. The topological polar surface area (TPSA) is 45.5 Å². The van der Waals surface area contributed by atoms with E-state index in [0.717, 1.165) is 25.6 Å². The summed E-state index contributed by atoms with van der Waals surface area (Å²) in [5, 5.41) is 3.47. The largest absolute Gasteiger partial charge is 0.356 e. The number of hydrogen-bond donors (Lipinski definition) is 1. The predicted octanol–water partition coefficient (Wildman–Crippen LogP) is 2.62. The van der Waals surface area contributed by atoms with Crippen molar-refractivity contribution in [1.29, 1.82) is 0 Å². The van der Waals surface area contributed by atoms with Crippen molar-refractivity contribution in [1.82, 2.24) is 19.8 Å². The molecule has 1 aliphatic rings. The molecule has 0 saturated carbocycles. The molecule has 0 aromatic carbocycles. The molecule has 0 bridgehead atoms. The van der Waals surface area contributed by atoms with Gasteiger partial charge in [-0.3, -0.25) is 4.99 Å². The molecule has 1 fully saturated rings. The number of hydrogen-bond acceptors (Lipinski definition) is 2. The number of halogens is 1. The van der Waals surface area contributed by atoms with E-state index in [1.54, 1.807) is 0 Å². The van der Waals surface area contributed by atoms with Gasteiger partial charge < -0.3 is 14.8 Å². The molecule has 21 heavy (non-hydrogen) atoms. The highest BCUT2D eigenvalue weighted by atomic mass is 127. The zero-order valence-electron chi connectivity index (χ0n) is 13.5. The molecule has 6 heteroatoms. The molecule has 5 nitrogen and oxygen atoms in total. The molecule has 2 atom stereocenters. The lowest BCUT2D eigenvalue weighted by Crippen LogP contribution is -2.49. The number of nitrogens with zero attached hydrogens (tertiary/aromatic N) is 4. The number of imidazole rings is 1. The van der Waals surface area contributed by atoms with E-state index in [1.165, 1.54) is 6.42 Å². The highest BCUT2D eigenvalue weighted by molar-refractivity contribution is 14.0. The molecular formula is C15H28IN5. The SMILES string of the molecule is CN=C(NCC(C)C)N1CCC(C)C(n2ccnc2)C1.I. The van der Waals surface area contributed by atoms with Crippen molar-refractivity contribution in [2.75, 3.05) is 26.7 Å². The Morgan fingerprint density at radius 2 is 2.24 bits per heavy atom. The second-order valence-corrected chi connectivity index (χ2v) is 6.11. The molecule has 1 saturated heterocycles. The maximum atomic E-state index is 4.43. The van der Waals surface area contributed by atoms with E-state index in [1.807, 2.05) is 19.6 Å². The van der Waals surface area contributed by atoms with E-state index in [9.17, 15) is 0 Å². The number of aromatic nitrogens is 2. The molecule has 2 heterocycles. The number of nitrogens with one attached hydrogen (secondary N) is 1. The van der Waals surface area contributed by atoms with Crippen molar-refractivity contribution in [3.05, 3.63) is 18.7 Å². The van der Waals surface area contributed by atoms with Crippen molar-refractivity contribution < 1.29 is 0 Å². The van der Waals surface area contributed by atoms with Crippen molar-refractivity contribution in [3.63, 3.8) is 0 Å². The molecule has 1 aromatic heterocycles. The van der Waals surface area contributed by atoms with Crippen molar-refractivity contribution >= 4 is 29.9 Å². The molecule has 0 amide bonds. The summed E-state index contributed by atoms with van der Waals surface area (Å²) in [6.07, 6.45) is 7.03. The van der Waals surface area contributed by atoms with Gasteiger partial charge in [-0.25, -0.2) is 4.98 Å². The van der Waals surface area contributed by atoms with Gasteiger partial charge in [-0.2, -0.15) is 0 Å². The summed E-state index contributed by atoms with van der Waals surface area (Å²) in [5.74, 6) is 2.32. The Hall–Kier alpha value is -0.790. The Kier molecular flexibility index (Phi) is 7.48. The van der Waals surface area contributed by atoms with Crippen LogP contribution in [0, 0.1) is 11.8 Å². The summed E-state index contributed by atoms with van der Waals surface area (Å²) >= 11 is 0. The van der Waals surface area contributed by atoms with Crippen LogP contribution in [-0.2, 0) is 0 Å². The van der Waals surface area contributed by atoms with E-state index in [2.05, 4.69) is 51.7 Å². The lowest BCUT2D eigenvalue weighted by atomic mass is 9.93. The molecular weight excluding hydrogens is 377 g/mol. The van der Waals surface area contributed by atoms with Crippen molar-refractivity contribution in [2.24, 2.45) is 16.8 Å². The normalized spacial score (nSPS) is 23.1. The Morgan fingerprint density at radius 3 is 2.81 bits per heavy atom. The Labute approximate surface area is 145 Å². The molecule has 0 aliphatic carbocycles. The number of guanidine groups is 1. The number of piperidine rings is 1. The summed E-state index contributed by atoms with van der Waals surface area (Å²) in [6, 6.07) is 0.476. The summed E-state index contributed by atoms with van der Waals surface area (Å²) in [6.45, 7) is 9.79. The van der Waals surface area contributed by atoms with E-state index >= 15 is 0 Å². The third-order valence-electron chi connectivity index (χ3n) is 4.01. The molecule has 1 N–H and O–H groups in total. The van der Waals surface area contributed by atoms with E-state index < -0.39 is 0 Å². The number of rotatable bonds is 3. The summed E-state index contributed by atoms with van der Waals surface area (Å²) in [7, 11) is 1.87. The fourth-order valence-corrected chi connectivity index (χ4v) is 2.72. The summed E-state index contributed by atoms with van der Waals surface area (Å²) in [4.78, 5) is 11.0. The lowest BCUT2D eigenvalue weighted by molar-refractivity contribution is 0.188. The molecule has 120 valence electrons. The first-order valence-corrected chi connectivity index (χ1v) is 7.54. The zero-order chi connectivity index (χ0) is 14.5. The van der Waals surface area contributed by atoms with Crippen molar-refractivity contribution in [2.45, 2.75) is 33.2 Å².